The smallest absolute Gasteiger partial charge is 0.238 e. The molecule has 1 aromatic carbocycles. The zero-order valence-electron chi connectivity index (χ0n) is 11.8. The number of carbonyl (C=O) groups excluding carboxylic acids is 1. The molecule has 102 valence electrons. The summed E-state index contributed by atoms with van der Waals surface area (Å²) < 4.78 is 0. The van der Waals surface area contributed by atoms with Gasteiger partial charge in [0, 0.05) is 6.54 Å². The Morgan fingerprint density at radius 1 is 1.32 bits per heavy atom. The topological polar surface area (TPSA) is 32.3 Å². The van der Waals surface area contributed by atoms with E-state index in [2.05, 4.69) is 37.4 Å². The molecule has 2 fully saturated rings. The molecule has 1 atom stereocenters. The number of hydrogen-bond acceptors (Lipinski definition) is 2. The Morgan fingerprint density at radius 3 is 2.79 bits per heavy atom. The van der Waals surface area contributed by atoms with Gasteiger partial charge in [0.05, 0.1) is 6.54 Å². The molecule has 1 aliphatic heterocycles. The second-order valence-electron chi connectivity index (χ2n) is 5.96. The van der Waals surface area contributed by atoms with Crippen molar-refractivity contribution in [3.63, 3.8) is 0 Å². The van der Waals surface area contributed by atoms with Crippen molar-refractivity contribution in [2.45, 2.75) is 39.3 Å². The van der Waals surface area contributed by atoms with Gasteiger partial charge in [0.1, 0.15) is 6.17 Å². The molecule has 2 aliphatic rings. The highest BCUT2D eigenvalue weighted by Gasteiger charge is 2.33. The Balaban J connectivity index is 1.78. The molecule has 1 saturated carbocycles. The minimum Gasteiger partial charge on any atom is -0.322 e. The summed E-state index contributed by atoms with van der Waals surface area (Å²) in [5, 5.41) is 3.35. The first kappa shape index (κ1) is 12.7. The van der Waals surface area contributed by atoms with Crippen LogP contribution in [0.4, 0.5) is 0 Å². The van der Waals surface area contributed by atoms with E-state index in [4.69, 9.17) is 0 Å². The summed E-state index contributed by atoms with van der Waals surface area (Å²) in [4.78, 5) is 14.1. The fourth-order valence-electron chi connectivity index (χ4n) is 2.93. The molecule has 1 saturated heterocycles. The van der Waals surface area contributed by atoms with Crippen molar-refractivity contribution in [1.82, 2.24) is 10.2 Å². The van der Waals surface area contributed by atoms with Crippen LogP contribution in [0.25, 0.3) is 0 Å². The molecule has 1 aromatic rings. The Morgan fingerprint density at radius 2 is 2.11 bits per heavy atom. The zero-order valence-corrected chi connectivity index (χ0v) is 11.8. The van der Waals surface area contributed by atoms with Gasteiger partial charge in [-0.05, 0) is 37.3 Å². The fourth-order valence-corrected chi connectivity index (χ4v) is 2.93. The molecular weight excluding hydrogens is 236 g/mol. The number of amides is 1. The molecule has 3 heteroatoms. The minimum atomic E-state index is 0.0758. The minimum absolute atomic E-state index is 0.0758. The van der Waals surface area contributed by atoms with Crippen molar-refractivity contribution in [3.05, 3.63) is 34.9 Å². The Bertz CT molecular complexity index is 494. The van der Waals surface area contributed by atoms with Crippen LogP contribution in [0.15, 0.2) is 18.2 Å². The number of aryl methyl sites for hydroxylation is 2. The van der Waals surface area contributed by atoms with Gasteiger partial charge in [-0.1, -0.05) is 36.6 Å². The molecule has 3 rings (SSSR count). The van der Waals surface area contributed by atoms with Gasteiger partial charge in [-0.3, -0.25) is 10.1 Å². The number of carbonyl (C=O) groups is 1. The molecule has 19 heavy (non-hydrogen) atoms. The number of nitrogens with one attached hydrogen (secondary N) is 1. The van der Waals surface area contributed by atoms with E-state index in [1.807, 2.05) is 4.90 Å². The third kappa shape index (κ3) is 2.66. The van der Waals surface area contributed by atoms with Crippen molar-refractivity contribution in [1.29, 1.82) is 0 Å². The average Bonchev–Trinajstić information content (AvgIpc) is 3.12. The maximum absolute atomic E-state index is 12.0. The zero-order chi connectivity index (χ0) is 13.4. The van der Waals surface area contributed by atoms with Gasteiger partial charge in [-0.15, -0.1) is 0 Å². The summed E-state index contributed by atoms with van der Waals surface area (Å²) in [6.45, 7) is 5.61. The van der Waals surface area contributed by atoms with Gasteiger partial charge < -0.3 is 4.90 Å². The predicted molar refractivity (Wildman–Crippen MR) is 75.7 cm³/mol. The van der Waals surface area contributed by atoms with Crippen LogP contribution in [-0.2, 0) is 4.79 Å². The van der Waals surface area contributed by atoms with E-state index >= 15 is 0 Å². The maximum atomic E-state index is 12.0. The van der Waals surface area contributed by atoms with Gasteiger partial charge in [-0.25, -0.2) is 0 Å². The van der Waals surface area contributed by atoms with Crippen molar-refractivity contribution in [2.75, 3.05) is 13.1 Å². The molecule has 1 heterocycles. The van der Waals surface area contributed by atoms with Crippen LogP contribution in [0.1, 0.15) is 42.1 Å². The van der Waals surface area contributed by atoms with E-state index in [9.17, 15) is 4.79 Å². The maximum Gasteiger partial charge on any atom is 0.238 e. The first-order valence-electron chi connectivity index (χ1n) is 7.25. The van der Waals surface area contributed by atoms with Crippen molar-refractivity contribution in [3.8, 4) is 0 Å². The summed E-state index contributed by atoms with van der Waals surface area (Å²) in [5.41, 5.74) is 3.78. The third-order valence-corrected chi connectivity index (χ3v) is 4.27. The van der Waals surface area contributed by atoms with Gasteiger partial charge >= 0.3 is 0 Å². The summed E-state index contributed by atoms with van der Waals surface area (Å²) in [6, 6.07) is 6.48. The first-order chi connectivity index (χ1) is 9.15. The van der Waals surface area contributed by atoms with E-state index in [0.29, 0.717) is 6.54 Å². The SMILES string of the molecule is Cc1ccc(C2NCC(=O)N2CCC2CC2)c(C)c1. The summed E-state index contributed by atoms with van der Waals surface area (Å²) in [6.07, 6.45) is 3.94. The lowest BCUT2D eigenvalue weighted by Crippen LogP contribution is -2.32. The molecule has 3 nitrogen and oxygen atoms in total. The number of nitrogens with zero attached hydrogens (tertiary/aromatic N) is 1. The second kappa shape index (κ2) is 4.97. The van der Waals surface area contributed by atoms with Crippen LogP contribution in [0.3, 0.4) is 0 Å². The van der Waals surface area contributed by atoms with Gasteiger partial charge in [0.25, 0.3) is 0 Å². The van der Waals surface area contributed by atoms with Gasteiger partial charge in [0.2, 0.25) is 5.91 Å². The van der Waals surface area contributed by atoms with E-state index in [1.165, 1.54) is 29.5 Å². The molecule has 1 unspecified atom stereocenters. The quantitative estimate of drug-likeness (QED) is 0.900. The van der Waals surface area contributed by atoms with Gasteiger partial charge in [-0.2, -0.15) is 0 Å². The fraction of sp³-hybridized carbons (Fsp3) is 0.562. The molecule has 0 bridgehead atoms. The third-order valence-electron chi connectivity index (χ3n) is 4.27. The van der Waals surface area contributed by atoms with Gasteiger partial charge in [0.15, 0.2) is 0 Å². The molecule has 1 amide bonds. The van der Waals surface area contributed by atoms with Crippen molar-refractivity contribution < 1.29 is 4.79 Å². The monoisotopic (exact) mass is 258 g/mol. The summed E-state index contributed by atoms with van der Waals surface area (Å²) in [5.74, 6) is 1.11. The first-order valence-corrected chi connectivity index (χ1v) is 7.25. The highest BCUT2D eigenvalue weighted by molar-refractivity contribution is 5.81. The van der Waals surface area contributed by atoms with Crippen LogP contribution in [0.5, 0.6) is 0 Å². The predicted octanol–water partition coefficient (Wildman–Crippen LogP) is 2.53. The number of hydrogen-bond donors (Lipinski definition) is 1. The highest BCUT2D eigenvalue weighted by atomic mass is 16.2. The molecule has 1 aliphatic carbocycles. The second-order valence-corrected chi connectivity index (χ2v) is 5.96. The number of benzene rings is 1. The van der Waals surface area contributed by atoms with Crippen LogP contribution < -0.4 is 5.32 Å². The van der Waals surface area contributed by atoms with Crippen LogP contribution in [0.2, 0.25) is 0 Å². The highest BCUT2D eigenvalue weighted by Crippen LogP contribution is 2.34. The lowest BCUT2D eigenvalue weighted by molar-refractivity contribution is -0.128. The average molecular weight is 258 g/mol. The summed E-state index contributed by atoms with van der Waals surface area (Å²) >= 11 is 0. The summed E-state index contributed by atoms with van der Waals surface area (Å²) in [7, 11) is 0. The number of rotatable bonds is 4. The molecule has 0 spiro atoms. The van der Waals surface area contributed by atoms with E-state index in [-0.39, 0.29) is 12.1 Å². The van der Waals surface area contributed by atoms with E-state index in [0.717, 1.165) is 18.9 Å². The Kier molecular flexibility index (Phi) is 3.31. The molecule has 1 N–H and O–H groups in total. The van der Waals surface area contributed by atoms with Crippen molar-refractivity contribution >= 4 is 5.91 Å². The molecular formula is C16H22N2O. The van der Waals surface area contributed by atoms with Crippen LogP contribution >= 0.6 is 0 Å². The Labute approximate surface area is 115 Å². The molecule has 0 aromatic heterocycles. The lowest BCUT2D eigenvalue weighted by atomic mass is 10.0. The van der Waals surface area contributed by atoms with Crippen LogP contribution in [-0.4, -0.2) is 23.9 Å². The normalized spacial score (nSPS) is 23.2. The lowest BCUT2D eigenvalue weighted by Gasteiger charge is -2.26. The van der Waals surface area contributed by atoms with Crippen LogP contribution in [0, 0.1) is 19.8 Å². The van der Waals surface area contributed by atoms with E-state index in [1.54, 1.807) is 0 Å². The van der Waals surface area contributed by atoms with E-state index < -0.39 is 0 Å². The Hall–Kier alpha value is -1.35. The molecule has 0 radical (unpaired) electrons. The van der Waals surface area contributed by atoms with Crippen molar-refractivity contribution in [2.24, 2.45) is 5.92 Å². The largest absolute Gasteiger partial charge is 0.322 e. The standard InChI is InChI=1S/C16H22N2O/c1-11-3-6-14(12(2)9-11)16-17-10-15(19)18(16)8-7-13-4-5-13/h3,6,9,13,16-17H,4-5,7-8,10H2,1-2H3.